The lowest BCUT2D eigenvalue weighted by molar-refractivity contribution is -0.385. The van der Waals surface area contributed by atoms with Crippen molar-refractivity contribution in [1.82, 2.24) is 10.9 Å². The molecule has 0 aliphatic rings. The molecule has 2 aromatic carbocycles. The number of hydrogen-bond acceptors (Lipinski definition) is 5. The molecule has 0 heterocycles. The predicted octanol–water partition coefficient (Wildman–Crippen LogP) is 2.08. The summed E-state index contributed by atoms with van der Waals surface area (Å²) in [5.41, 5.74) is 4.58. The van der Waals surface area contributed by atoms with Gasteiger partial charge in [-0.25, -0.2) is 0 Å². The van der Waals surface area contributed by atoms with Gasteiger partial charge in [-0.15, -0.1) is 0 Å². The Morgan fingerprint density at radius 1 is 1.08 bits per heavy atom. The maximum Gasteiger partial charge on any atom is 0.282 e. The van der Waals surface area contributed by atoms with Crippen molar-refractivity contribution in [2.75, 3.05) is 7.11 Å². The fourth-order valence-corrected chi connectivity index (χ4v) is 1.94. The third-order valence-corrected chi connectivity index (χ3v) is 3.19. The van der Waals surface area contributed by atoms with E-state index in [-0.39, 0.29) is 11.3 Å². The van der Waals surface area contributed by atoms with E-state index in [1.165, 1.54) is 30.3 Å². The number of nitro benzene ring substituents is 1. The first-order valence-electron chi connectivity index (χ1n) is 7.17. The normalized spacial score (nSPS) is 10.3. The quantitative estimate of drug-likeness (QED) is 0.491. The lowest BCUT2D eigenvalue weighted by atomic mass is 10.2. The third kappa shape index (κ3) is 4.90. The highest BCUT2D eigenvalue weighted by molar-refractivity contribution is 6.00. The number of benzene rings is 2. The van der Waals surface area contributed by atoms with Crippen LogP contribution in [0.3, 0.4) is 0 Å². The molecule has 8 nitrogen and oxygen atoms in total. The summed E-state index contributed by atoms with van der Waals surface area (Å²) in [6, 6.07) is 12.5. The molecule has 0 aliphatic heterocycles. The van der Waals surface area contributed by atoms with Crippen molar-refractivity contribution >= 4 is 23.6 Å². The molecule has 2 amide bonds. The Morgan fingerprint density at radius 3 is 2.40 bits per heavy atom. The Kier molecular flexibility index (Phi) is 5.83. The Labute approximate surface area is 143 Å². The highest BCUT2D eigenvalue weighted by atomic mass is 16.6. The fourth-order valence-electron chi connectivity index (χ4n) is 1.94. The van der Waals surface area contributed by atoms with Crippen LogP contribution in [0, 0.1) is 10.1 Å². The summed E-state index contributed by atoms with van der Waals surface area (Å²) >= 11 is 0. The van der Waals surface area contributed by atoms with Crippen LogP contribution in [0.15, 0.2) is 54.6 Å². The molecule has 0 bridgehead atoms. The number of carbonyl (C=O) groups is 2. The van der Waals surface area contributed by atoms with E-state index >= 15 is 0 Å². The molecule has 2 rings (SSSR count). The molecular weight excluding hydrogens is 326 g/mol. The van der Waals surface area contributed by atoms with E-state index in [1.54, 1.807) is 37.5 Å². The van der Waals surface area contributed by atoms with Crippen LogP contribution < -0.4 is 15.6 Å². The summed E-state index contributed by atoms with van der Waals surface area (Å²) in [4.78, 5) is 33.9. The van der Waals surface area contributed by atoms with Gasteiger partial charge in [0.25, 0.3) is 17.5 Å². The lowest BCUT2D eigenvalue weighted by Crippen LogP contribution is -2.40. The first kappa shape index (κ1) is 17.7. The van der Waals surface area contributed by atoms with Crippen molar-refractivity contribution in [3.63, 3.8) is 0 Å². The summed E-state index contributed by atoms with van der Waals surface area (Å²) < 4.78 is 5.03. The minimum Gasteiger partial charge on any atom is -0.497 e. The summed E-state index contributed by atoms with van der Waals surface area (Å²) in [5.74, 6) is -0.667. The first-order valence-corrected chi connectivity index (χ1v) is 7.17. The third-order valence-electron chi connectivity index (χ3n) is 3.19. The van der Waals surface area contributed by atoms with Crippen LogP contribution in [-0.2, 0) is 4.79 Å². The number of hydrazine groups is 1. The molecule has 0 aromatic heterocycles. The maximum atomic E-state index is 12.0. The van der Waals surface area contributed by atoms with E-state index in [9.17, 15) is 19.7 Å². The largest absolute Gasteiger partial charge is 0.497 e. The zero-order valence-electron chi connectivity index (χ0n) is 13.3. The monoisotopic (exact) mass is 341 g/mol. The average molecular weight is 341 g/mol. The van der Waals surface area contributed by atoms with Crippen molar-refractivity contribution in [1.29, 1.82) is 0 Å². The van der Waals surface area contributed by atoms with Gasteiger partial charge in [0, 0.05) is 12.1 Å². The SMILES string of the molecule is COc1ccc(C=CC(=O)NNC(=O)c2ccccc2[N+](=O)[O-])cc1. The van der Waals surface area contributed by atoms with E-state index in [0.29, 0.717) is 5.75 Å². The molecule has 25 heavy (non-hydrogen) atoms. The van der Waals surface area contributed by atoms with Crippen LogP contribution in [0.25, 0.3) is 6.08 Å². The van der Waals surface area contributed by atoms with E-state index in [1.807, 2.05) is 0 Å². The van der Waals surface area contributed by atoms with Gasteiger partial charge in [0.1, 0.15) is 11.3 Å². The molecular formula is C17H15N3O5. The molecule has 0 fully saturated rings. The standard InChI is InChI=1S/C17H15N3O5/c1-25-13-9-6-12(7-10-13)8-11-16(21)18-19-17(22)14-4-2-3-5-15(14)20(23)24/h2-11H,1H3,(H,18,21)(H,19,22). The predicted molar refractivity (Wildman–Crippen MR) is 90.7 cm³/mol. The smallest absolute Gasteiger partial charge is 0.282 e. The molecule has 0 saturated heterocycles. The molecule has 2 aromatic rings. The second-order valence-electron chi connectivity index (χ2n) is 4.82. The summed E-state index contributed by atoms with van der Waals surface area (Å²) in [7, 11) is 1.55. The van der Waals surface area contributed by atoms with E-state index < -0.39 is 16.7 Å². The number of nitrogens with one attached hydrogen (secondary N) is 2. The van der Waals surface area contributed by atoms with Crippen LogP contribution in [0.4, 0.5) is 5.69 Å². The molecule has 0 saturated carbocycles. The number of rotatable bonds is 5. The molecule has 2 N–H and O–H groups in total. The highest BCUT2D eigenvalue weighted by Crippen LogP contribution is 2.17. The fraction of sp³-hybridized carbons (Fsp3) is 0.0588. The number of nitro groups is 1. The average Bonchev–Trinajstić information content (AvgIpc) is 2.64. The number of carbonyl (C=O) groups excluding carboxylic acids is 2. The van der Waals surface area contributed by atoms with Gasteiger partial charge in [-0.3, -0.25) is 30.6 Å². The first-order chi connectivity index (χ1) is 12.0. The zero-order valence-corrected chi connectivity index (χ0v) is 13.3. The number of para-hydroxylation sites is 1. The number of nitrogens with zero attached hydrogens (tertiary/aromatic N) is 1. The van der Waals surface area contributed by atoms with Gasteiger partial charge >= 0.3 is 0 Å². The number of amides is 2. The van der Waals surface area contributed by atoms with Crippen LogP contribution in [0.2, 0.25) is 0 Å². The number of methoxy groups -OCH3 is 1. The zero-order chi connectivity index (χ0) is 18.2. The van der Waals surface area contributed by atoms with Crippen LogP contribution >= 0.6 is 0 Å². The van der Waals surface area contributed by atoms with E-state index in [2.05, 4.69) is 10.9 Å². The molecule has 0 spiro atoms. The van der Waals surface area contributed by atoms with Gasteiger partial charge in [-0.1, -0.05) is 24.3 Å². The molecule has 0 aliphatic carbocycles. The van der Waals surface area contributed by atoms with Crippen LogP contribution in [0.1, 0.15) is 15.9 Å². The summed E-state index contributed by atoms with van der Waals surface area (Å²) in [5, 5.41) is 10.9. The van der Waals surface area contributed by atoms with Gasteiger partial charge in [0.05, 0.1) is 12.0 Å². The van der Waals surface area contributed by atoms with Gasteiger partial charge in [0.2, 0.25) is 0 Å². The molecule has 8 heteroatoms. The van der Waals surface area contributed by atoms with Crippen molar-refractivity contribution in [3.05, 3.63) is 75.8 Å². The van der Waals surface area contributed by atoms with Crippen molar-refractivity contribution in [2.45, 2.75) is 0 Å². The van der Waals surface area contributed by atoms with E-state index in [4.69, 9.17) is 4.74 Å². The Hall–Kier alpha value is -3.68. The second-order valence-corrected chi connectivity index (χ2v) is 4.82. The van der Waals surface area contributed by atoms with Gasteiger partial charge in [0.15, 0.2) is 0 Å². The Balaban J connectivity index is 1.94. The molecule has 0 unspecified atom stereocenters. The minimum absolute atomic E-state index is 0.146. The van der Waals surface area contributed by atoms with Gasteiger partial charge in [-0.2, -0.15) is 0 Å². The lowest BCUT2D eigenvalue weighted by Gasteiger charge is -2.05. The second kappa shape index (κ2) is 8.25. The van der Waals surface area contributed by atoms with Crippen molar-refractivity contribution < 1.29 is 19.2 Å². The molecule has 0 atom stereocenters. The maximum absolute atomic E-state index is 12.0. The topological polar surface area (TPSA) is 111 Å². The molecule has 0 radical (unpaired) electrons. The summed E-state index contributed by atoms with van der Waals surface area (Å²) in [6.07, 6.45) is 2.77. The summed E-state index contributed by atoms with van der Waals surface area (Å²) in [6.45, 7) is 0. The van der Waals surface area contributed by atoms with Gasteiger partial charge in [-0.05, 0) is 29.8 Å². The molecule has 128 valence electrons. The Bertz CT molecular complexity index is 815. The number of ether oxygens (including phenoxy) is 1. The van der Waals surface area contributed by atoms with E-state index in [0.717, 1.165) is 5.56 Å². The van der Waals surface area contributed by atoms with Crippen molar-refractivity contribution in [2.24, 2.45) is 0 Å². The van der Waals surface area contributed by atoms with Crippen LogP contribution in [0.5, 0.6) is 5.75 Å². The Morgan fingerprint density at radius 2 is 1.76 bits per heavy atom. The highest BCUT2D eigenvalue weighted by Gasteiger charge is 2.19. The van der Waals surface area contributed by atoms with Crippen molar-refractivity contribution in [3.8, 4) is 5.75 Å². The number of hydrogen-bond donors (Lipinski definition) is 2. The van der Waals surface area contributed by atoms with Crippen LogP contribution in [-0.4, -0.2) is 23.8 Å². The van der Waals surface area contributed by atoms with Gasteiger partial charge < -0.3 is 4.74 Å². The minimum atomic E-state index is -0.779.